The Balaban J connectivity index is 1.88. The molecule has 0 radical (unpaired) electrons. The van der Waals surface area contributed by atoms with E-state index in [9.17, 15) is 14.4 Å². The molecular weight excluding hydrogens is 388 g/mol. The van der Waals surface area contributed by atoms with Crippen LogP contribution in [0.1, 0.15) is 55.1 Å². The first-order valence-electron chi connectivity index (χ1n) is 9.52. The SMILES string of the molecule is C=C(NC(=O)c1csc(-c2ccc(CNC(=O)CCCCCC)cc2)n1)C(N)=O. The van der Waals surface area contributed by atoms with Crippen molar-refractivity contribution >= 4 is 29.1 Å². The van der Waals surface area contributed by atoms with E-state index in [4.69, 9.17) is 5.73 Å². The summed E-state index contributed by atoms with van der Waals surface area (Å²) in [5.74, 6) is -1.26. The number of benzene rings is 1. The Morgan fingerprint density at radius 3 is 2.52 bits per heavy atom. The smallest absolute Gasteiger partial charge is 0.275 e. The van der Waals surface area contributed by atoms with Crippen LogP contribution < -0.4 is 16.4 Å². The molecule has 154 valence electrons. The number of amides is 3. The van der Waals surface area contributed by atoms with Crippen LogP contribution >= 0.6 is 11.3 Å². The van der Waals surface area contributed by atoms with Gasteiger partial charge in [0, 0.05) is 23.9 Å². The third-order valence-corrected chi connectivity index (χ3v) is 5.14. The number of carbonyl (C=O) groups excluding carboxylic acids is 3. The molecule has 1 aromatic heterocycles. The Labute approximate surface area is 174 Å². The summed E-state index contributed by atoms with van der Waals surface area (Å²) < 4.78 is 0. The number of hydrogen-bond donors (Lipinski definition) is 3. The summed E-state index contributed by atoms with van der Waals surface area (Å²) in [5, 5.41) is 7.52. The van der Waals surface area contributed by atoms with Crippen molar-refractivity contribution in [1.29, 1.82) is 0 Å². The molecule has 7 nitrogen and oxygen atoms in total. The van der Waals surface area contributed by atoms with Gasteiger partial charge < -0.3 is 16.4 Å². The fraction of sp³-hybridized carbons (Fsp3) is 0.333. The number of nitrogens with zero attached hydrogens (tertiary/aromatic N) is 1. The molecule has 0 saturated heterocycles. The number of carbonyl (C=O) groups is 3. The van der Waals surface area contributed by atoms with Gasteiger partial charge in [-0.3, -0.25) is 14.4 Å². The van der Waals surface area contributed by atoms with Crippen LogP contribution in [0.5, 0.6) is 0 Å². The molecule has 0 aliphatic rings. The van der Waals surface area contributed by atoms with Gasteiger partial charge in [-0.2, -0.15) is 0 Å². The maximum absolute atomic E-state index is 12.0. The molecule has 0 aliphatic carbocycles. The average molecular weight is 415 g/mol. The van der Waals surface area contributed by atoms with E-state index in [1.54, 1.807) is 5.38 Å². The monoisotopic (exact) mass is 414 g/mol. The summed E-state index contributed by atoms with van der Waals surface area (Å²) in [6.45, 7) is 6.01. The number of rotatable bonds is 11. The highest BCUT2D eigenvalue weighted by Crippen LogP contribution is 2.24. The van der Waals surface area contributed by atoms with Gasteiger partial charge in [0.15, 0.2) is 0 Å². The van der Waals surface area contributed by atoms with Crippen LogP contribution in [0.2, 0.25) is 0 Å². The zero-order valence-corrected chi connectivity index (χ0v) is 17.3. The van der Waals surface area contributed by atoms with Gasteiger partial charge in [-0.05, 0) is 12.0 Å². The summed E-state index contributed by atoms with van der Waals surface area (Å²) in [6.07, 6.45) is 4.88. The first-order valence-corrected chi connectivity index (χ1v) is 10.4. The Bertz CT molecular complexity index is 874. The minimum Gasteiger partial charge on any atom is -0.364 e. The van der Waals surface area contributed by atoms with Crippen molar-refractivity contribution in [2.75, 3.05) is 0 Å². The van der Waals surface area contributed by atoms with E-state index >= 15 is 0 Å². The van der Waals surface area contributed by atoms with E-state index < -0.39 is 11.8 Å². The van der Waals surface area contributed by atoms with E-state index in [-0.39, 0.29) is 17.3 Å². The van der Waals surface area contributed by atoms with Crippen LogP contribution in [0, 0.1) is 0 Å². The van der Waals surface area contributed by atoms with Crippen molar-refractivity contribution in [2.24, 2.45) is 5.73 Å². The lowest BCUT2D eigenvalue weighted by molar-refractivity contribution is -0.121. The molecule has 4 N–H and O–H groups in total. The standard InChI is InChI=1S/C21H26N4O3S/c1-3-4-5-6-7-18(26)23-12-15-8-10-16(11-9-15)21-25-17(13-29-21)20(28)24-14(2)19(22)27/h8-11,13H,2-7,12H2,1H3,(H2,22,27)(H,23,26)(H,24,28). The molecule has 0 fully saturated rings. The molecule has 1 aromatic carbocycles. The highest BCUT2D eigenvalue weighted by Gasteiger charge is 2.14. The van der Waals surface area contributed by atoms with Crippen LogP contribution in [0.3, 0.4) is 0 Å². The number of primary amides is 1. The van der Waals surface area contributed by atoms with Crippen LogP contribution in [-0.4, -0.2) is 22.7 Å². The van der Waals surface area contributed by atoms with E-state index in [1.165, 1.54) is 11.3 Å². The largest absolute Gasteiger partial charge is 0.364 e. The van der Waals surface area contributed by atoms with Gasteiger partial charge in [-0.25, -0.2) is 4.98 Å². The molecule has 0 spiro atoms. The van der Waals surface area contributed by atoms with Crippen LogP contribution in [0.15, 0.2) is 41.9 Å². The van der Waals surface area contributed by atoms with E-state index in [0.717, 1.165) is 36.8 Å². The topological polar surface area (TPSA) is 114 Å². The molecule has 0 saturated carbocycles. The Kier molecular flexibility index (Phi) is 8.54. The summed E-state index contributed by atoms with van der Waals surface area (Å²) in [6, 6.07) is 7.63. The van der Waals surface area contributed by atoms with Gasteiger partial charge in [0.05, 0.1) is 5.70 Å². The number of unbranched alkanes of at least 4 members (excludes halogenated alkanes) is 3. The third-order valence-electron chi connectivity index (χ3n) is 4.25. The number of nitrogens with two attached hydrogens (primary N) is 1. The highest BCUT2D eigenvalue weighted by molar-refractivity contribution is 7.13. The second-order valence-electron chi connectivity index (χ2n) is 6.62. The maximum atomic E-state index is 12.0. The fourth-order valence-electron chi connectivity index (χ4n) is 2.54. The predicted molar refractivity (Wildman–Crippen MR) is 114 cm³/mol. The average Bonchev–Trinajstić information content (AvgIpc) is 3.20. The third kappa shape index (κ3) is 7.15. The summed E-state index contributed by atoms with van der Waals surface area (Å²) in [4.78, 5) is 39.2. The van der Waals surface area contributed by atoms with Crippen LogP contribution in [0.4, 0.5) is 0 Å². The molecule has 2 rings (SSSR count). The second kappa shape index (κ2) is 11.1. The van der Waals surface area contributed by atoms with Crippen molar-refractivity contribution in [3.63, 3.8) is 0 Å². The molecule has 0 bridgehead atoms. The quantitative estimate of drug-likeness (QED) is 0.387. The van der Waals surface area contributed by atoms with Gasteiger partial charge >= 0.3 is 0 Å². The van der Waals surface area contributed by atoms with E-state index in [1.807, 2.05) is 24.3 Å². The Morgan fingerprint density at radius 2 is 1.86 bits per heavy atom. The second-order valence-corrected chi connectivity index (χ2v) is 7.48. The van der Waals surface area contributed by atoms with Crippen LogP contribution in [-0.2, 0) is 16.1 Å². The zero-order chi connectivity index (χ0) is 21.2. The first-order chi connectivity index (χ1) is 13.9. The molecule has 2 aromatic rings. The van der Waals surface area contributed by atoms with Gasteiger partial charge in [0.25, 0.3) is 11.8 Å². The molecule has 0 atom stereocenters. The van der Waals surface area contributed by atoms with Crippen molar-refractivity contribution in [1.82, 2.24) is 15.6 Å². The minimum absolute atomic E-state index is 0.0679. The molecular formula is C21H26N4O3S. The Morgan fingerprint density at radius 1 is 1.14 bits per heavy atom. The maximum Gasteiger partial charge on any atom is 0.275 e. The molecule has 1 heterocycles. The normalized spacial score (nSPS) is 10.4. The van der Waals surface area contributed by atoms with Gasteiger partial charge in [-0.15, -0.1) is 11.3 Å². The molecule has 0 unspecified atom stereocenters. The molecule has 8 heteroatoms. The van der Waals surface area contributed by atoms with E-state index in [2.05, 4.69) is 29.1 Å². The number of thiazole rings is 1. The van der Waals surface area contributed by atoms with Crippen molar-refractivity contribution in [3.8, 4) is 10.6 Å². The lowest BCUT2D eigenvalue weighted by atomic mass is 10.1. The fourth-order valence-corrected chi connectivity index (χ4v) is 3.35. The predicted octanol–water partition coefficient (Wildman–Crippen LogP) is 3.13. The minimum atomic E-state index is -0.794. The summed E-state index contributed by atoms with van der Waals surface area (Å²) in [5.41, 5.74) is 6.91. The van der Waals surface area contributed by atoms with Crippen molar-refractivity contribution in [2.45, 2.75) is 45.6 Å². The number of nitrogens with one attached hydrogen (secondary N) is 2. The van der Waals surface area contributed by atoms with E-state index in [0.29, 0.717) is 18.0 Å². The van der Waals surface area contributed by atoms with Crippen molar-refractivity contribution in [3.05, 3.63) is 53.2 Å². The zero-order valence-electron chi connectivity index (χ0n) is 16.5. The molecule has 3 amide bonds. The lowest BCUT2D eigenvalue weighted by Gasteiger charge is -2.06. The highest BCUT2D eigenvalue weighted by atomic mass is 32.1. The summed E-state index contributed by atoms with van der Waals surface area (Å²) >= 11 is 1.32. The molecule has 0 aliphatic heterocycles. The summed E-state index contributed by atoms with van der Waals surface area (Å²) in [7, 11) is 0. The first kappa shape index (κ1) is 22.3. The number of aromatic nitrogens is 1. The number of hydrogen-bond acceptors (Lipinski definition) is 5. The van der Waals surface area contributed by atoms with Gasteiger partial charge in [-0.1, -0.05) is 57.0 Å². The van der Waals surface area contributed by atoms with Gasteiger partial charge in [0.1, 0.15) is 10.7 Å². The Hall–Kier alpha value is -3.00. The van der Waals surface area contributed by atoms with Crippen molar-refractivity contribution < 1.29 is 14.4 Å². The molecule has 29 heavy (non-hydrogen) atoms. The van der Waals surface area contributed by atoms with Crippen LogP contribution in [0.25, 0.3) is 10.6 Å². The van der Waals surface area contributed by atoms with Gasteiger partial charge in [0.2, 0.25) is 5.91 Å². The lowest BCUT2D eigenvalue weighted by Crippen LogP contribution is -2.30.